The third kappa shape index (κ3) is 2.17. The van der Waals surface area contributed by atoms with Crippen molar-refractivity contribution in [1.29, 1.82) is 0 Å². The first kappa shape index (κ1) is 11.4. The molecular weight excluding hydrogens is 228 g/mol. The molecule has 3 rings (SSSR count). The molecule has 0 aromatic carbocycles. The van der Waals surface area contributed by atoms with Gasteiger partial charge in [-0.05, 0) is 38.0 Å². The molecule has 1 saturated carbocycles. The lowest BCUT2D eigenvalue weighted by Crippen LogP contribution is -2.14. The minimum absolute atomic E-state index is 0.624. The standard InChI is InChI=1S/C14H20N2S/c1-9-5-7-10(8-6-9)13-15-12-4-2-3-11(12)14(17)16-13/h9-10H,2-8H2,1H3,(H,15,16,17). The monoisotopic (exact) mass is 248 g/mol. The third-order valence-corrected chi connectivity index (χ3v) is 4.72. The Morgan fingerprint density at radius 1 is 1.18 bits per heavy atom. The average Bonchev–Trinajstić information content (AvgIpc) is 2.78. The van der Waals surface area contributed by atoms with Crippen molar-refractivity contribution in [2.24, 2.45) is 5.92 Å². The molecule has 0 saturated heterocycles. The maximum absolute atomic E-state index is 5.43. The largest absolute Gasteiger partial charge is 0.347 e. The first-order chi connectivity index (χ1) is 8.24. The van der Waals surface area contributed by atoms with Gasteiger partial charge in [-0.1, -0.05) is 32.0 Å². The Bertz CT molecular complexity index is 470. The topological polar surface area (TPSA) is 28.7 Å². The molecule has 2 nitrogen and oxygen atoms in total. The molecule has 17 heavy (non-hydrogen) atoms. The van der Waals surface area contributed by atoms with Crippen LogP contribution in [0.15, 0.2) is 0 Å². The molecule has 0 unspecified atom stereocenters. The highest BCUT2D eigenvalue weighted by Gasteiger charge is 2.23. The lowest BCUT2D eigenvalue weighted by Gasteiger charge is -2.25. The highest BCUT2D eigenvalue weighted by Crippen LogP contribution is 2.34. The van der Waals surface area contributed by atoms with Gasteiger partial charge in [0.1, 0.15) is 10.5 Å². The van der Waals surface area contributed by atoms with Gasteiger partial charge in [0, 0.05) is 17.2 Å². The Balaban J connectivity index is 1.89. The van der Waals surface area contributed by atoms with Gasteiger partial charge < -0.3 is 4.98 Å². The molecule has 0 amide bonds. The van der Waals surface area contributed by atoms with Gasteiger partial charge in [0.15, 0.2) is 0 Å². The molecule has 1 heterocycles. The molecule has 92 valence electrons. The molecule has 0 bridgehead atoms. The van der Waals surface area contributed by atoms with E-state index in [-0.39, 0.29) is 0 Å². The maximum atomic E-state index is 5.43. The van der Waals surface area contributed by atoms with Gasteiger partial charge >= 0.3 is 0 Å². The molecule has 0 spiro atoms. The van der Waals surface area contributed by atoms with Crippen LogP contribution in [0.5, 0.6) is 0 Å². The van der Waals surface area contributed by atoms with Gasteiger partial charge in [-0.15, -0.1) is 0 Å². The Labute approximate surface area is 108 Å². The second-order valence-electron chi connectivity index (χ2n) is 5.69. The number of H-pyrrole nitrogens is 1. The number of nitrogens with zero attached hydrogens (tertiary/aromatic N) is 1. The van der Waals surface area contributed by atoms with Crippen LogP contribution in [0, 0.1) is 10.6 Å². The second-order valence-corrected chi connectivity index (χ2v) is 6.08. The summed E-state index contributed by atoms with van der Waals surface area (Å²) < 4.78 is 0.866. The number of aromatic amines is 1. The van der Waals surface area contributed by atoms with Crippen molar-refractivity contribution < 1.29 is 0 Å². The van der Waals surface area contributed by atoms with Gasteiger partial charge in [-0.25, -0.2) is 4.98 Å². The zero-order chi connectivity index (χ0) is 11.8. The van der Waals surface area contributed by atoms with Crippen LogP contribution in [-0.2, 0) is 12.8 Å². The normalized spacial score (nSPS) is 28.1. The van der Waals surface area contributed by atoms with Crippen molar-refractivity contribution in [2.75, 3.05) is 0 Å². The summed E-state index contributed by atoms with van der Waals surface area (Å²) in [7, 11) is 0. The smallest absolute Gasteiger partial charge is 0.133 e. The van der Waals surface area contributed by atoms with Crippen molar-refractivity contribution in [3.8, 4) is 0 Å². The van der Waals surface area contributed by atoms with Gasteiger partial charge in [0.25, 0.3) is 0 Å². The minimum atomic E-state index is 0.624. The number of fused-ring (bicyclic) bond motifs is 1. The fraction of sp³-hybridized carbons (Fsp3) is 0.714. The highest BCUT2D eigenvalue weighted by molar-refractivity contribution is 7.71. The summed E-state index contributed by atoms with van der Waals surface area (Å²) in [6, 6.07) is 0. The Hall–Kier alpha value is -0.700. The van der Waals surface area contributed by atoms with E-state index in [4.69, 9.17) is 12.2 Å². The van der Waals surface area contributed by atoms with Crippen molar-refractivity contribution in [3.05, 3.63) is 21.7 Å². The van der Waals surface area contributed by atoms with E-state index in [9.17, 15) is 0 Å². The molecule has 2 aliphatic rings. The summed E-state index contributed by atoms with van der Waals surface area (Å²) in [5.41, 5.74) is 2.69. The molecule has 0 aliphatic heterocycles. The van der Waals surface area contributed by atoms with Crippen LogP contribution in [0.3, 0.4) is 0 Å². The summed E-state index contributed by atoms with van der Waals surface area (Å²) in [5, 5.41) is 0. The molecule has 3 heteroatoms. The number of hydrogen-bond acceptors (Lipinski definition) is 2. The summed E-state index contributed by atoms with van der Waals surface area (Å²) in [6.07, 6.45) is 8.75. The summed E-state index contributed by atoms with van der Waals surface area (Å²) in [4.78, 5) is 8.23. The van der Waals surface area contributed by atoms with Crippen molar-refractivity contribution in [3.63, 3.8) is 0 Å². The summed E-state index contributed by atoms with van der Waals surface area (Å²) >= 11 is 5.43. The van der Waals surface area contributed by atoms with E-state index < -0.39 is 0 Å². The lowest BCUT2D eigenvalue weighted by atomic mass is 9.82. The number of aryl methyl sites for hydroxylation is 1. The van der Waals surface area contributed by atoms with Crippen LogP contribution in [0.25, 0.3) is 0 Å². The fourth-order valence-electron chi connectivity index (χ4n) is 3.20. The predicted octanol–water partition coefficient (Wildman–Crippen LogP) is 3.92. The SMILES string of the molecule is CC1CCC(c2nc(=S)c3c([nH]2)CCC3)CC1. The van der Waals surface area contributed by atoms with Crippen molar-refractivity contribution in [2.45, 2.75) is 57.8 Å². The molecule has 0 atom stereocenters. The Morgan fingerprint density at radius 3 is 2.71 bits per heavy atom. The van der Waals surface area contributed by atoms with E-state index in [2.05, 4.69) is 16.9 Å². The molecule has 0 radical (unpaired) electrons. The highest BCUT2D eigenvalue weighted by atomic mass is 32.1. The van der Waals surface area contributed by atoms with E-state index in [0.717, 1.165) is 23.4 Å². The van der Waals surface area contributed by atoms with Crippen LogP contribution < -0.4 is 0 Å². The van der Waals surface area contributed by atoms with E-state index in [1.165, 1.54) is 49.2 Å². The number of aromatic nitrogens is 2. The third-order valence-electron chi connectivity index (χ3n) is 4.38. The minimum Gasteiger partial charge on any atom is -0.347 e. The van der Waals surface area contributed by atoms with Gasteiger partial charge in [0.05, 0.1) is 0 Å². The average molecular weight is 248 g/mol. The lowest BCUT2D eigenvalue weighted by molar-refractivity contribution is 0.339. The fourth-order valence-corrected chi connectivity index (χ4v) is 3.53. The van der Waals surface area contributed by atoms with E-state index in [1.54, 1.807) is 0 Å². The van der Waals surface area contributed by atoms with Gasteiger partial charge in [0.2, 0.25) is 0 Å². The van der Waals surface area contributed by atoms with Crippen LogP contribution in [-0.4, -0.2) is 9.97 Å². The number of nitrogens with one attached hydrogen (secondary N) is 1. The van der Waals surface area contributed by atoms with Gasteiger partial charge in [-0.3, -0.25) is 0 Å². The predicted molar refractivity (Wildman–Crippen MR) is 71.8 cm³/mol. The number of hydrogen-bond donors (Lipinski definition) is 1. The van der Waals surface area contributed by atoms with E-state index >= 15 is 0 Å². The van der Waals surface area contributed by atoms with Crippen molar-refractivity contribution in [1.82, 2.24) is 9.97 Å². The van der Waals surface area contributed by atoms with E-state index in [0.29, 0.717) is 5.92 Å². The summed E-state index contributed by atoms with van der Waals surface area (Å²) in [5.74, 6) is 2.69. The first-order valence-electron chi connectivity index (χ1n) is 6.86. The molecule has 1 N–H and O–H groups in total. The number of rotatable bonds is 1. The van der Waals surface area contributed by atoms with Gasteiger partial charge in [-0.2, -0.15) is 0 Å². The molecule has 1 aromatic rings. The summed E-state index contributed by atoms with van der Waals surface area (Å²) in [6.45, 7) is 2.36. The zero-order valence-electron chi connectivity index (χ0n) is 10.5. The van der Waals surface area contributed by atoms with Crippen LogP contribution in [0.1, 0.15) is 62.0 Å². The van der Waals surface area contributed by atoms with Crippen LogP contribution in [0.4, 0.5) is 0 Å². The first-order valence-corrected chi connectivity index (χ1v) is 7.27. The van der Waals surface area contributed by atoms with E-state index in [1.807, 2.05) is 0 Å². The second kappa shape index (κ2) is 4.52. The van der Waals surface area contributed by atoms with Crippen molar-refractivity contribution >= 4 is 12.2 Å². The quantitative estimate of drug-likeness (QED) is 0.763. The maximum Gasteiger partial charge on any atom is 0.133 e. The van der Waals surface area contributed by atoms with Crippen LogP contribution >= 0.6 is 12.2 Å². The molecule has 1 fully saturated rings. The molecule has 2 aliphatic carbocycles. The Morgan fingerprint density at radius 2 is 1.94 bits per heavy atom. The van der Waals surface area contributed by atoms with Crippen LogP contribution in [0.2, 0.25) is 0 Å². The Kier molecular flexibility index (Phi) is 3.03. The molecular formula is C14H20N2S. The molecule has 1 aromatic heterocycles. The zero-order valence-corrected chi connectivity index (χ0v) is 11.3.